The highest BCUT2D eigenvalue weighted by atomic mass is 16.5. The number of hydrogen-bond acceptors (Lipinski definition) is 2. The van der Waals surface area contributed by atoms with Crippen molar-refractivity contribution in [2.45, 2.75) is 10.8 Å². The van der Waals surface area contributed by atoms with Crippen molar-refractivity contribution in [1.29, 1.82) is 0 Å². The molecule has 4 aliphatic heterocycles. The molecule has 8 heterocycles. The summed E-state index contributed by atoms with van der Waals surface area (Å²) in [6.45, 7) is 0. The number of aromatic nitrogens is 4. The molecule has 0 N–H and O–H groups in total. The maximum atomic E-state index is 7.38. The van der Waals surface area contributed by atoms with Gasteiger partial charge in [0, 0.05) is 87.8 Å². The van der Waals surface area contributed by atoms with E-state index in [4.69, 9.17) is 9.47 Å². The molecular weight excluding hydrogens is 1310 g/mol. The van der Waals surface area contributed by atoms with Crippen LogP contribution >= 0.6 is 0 Å². The summed E-state index contributed by atoms with van der Waals surface area (Å²) in [6.07, 6.45) is 0. The second kappa shape index (κ2) is 21.3. The normalized spacial score (nSPS) is 15.6. The van der Waals surface area contributed by atoms with Crippen molar-refractivity contribution >= 4 is 98.0 Å². The van der Waals surface area contributed by atoms with E-state index in [1.165, 1.54) is 109 Å². The van der Waals surface area contributed by atoms with E-state index >= 15 is 0 Å². The Labute approximate surface area is 620 Å². The van der Waals surface area contributed by atoms with Gasteiger partial charge in [-0.05, 0) is 158 Å². The first kappa shape index (κ1) is 58.2. The van der Waals surface area contributed by atoms with Gasteiger partial charge in [0.1, 0.15) is 23.0 Å². The van der Waals surface area contributed by atoms with E-state index in [2.05, 4.69) is 382 Å². The Morgan fingerprint density at radius 3 is 1.13 bits per heavy atom. The molecule has 108 heavy (non-hydrogen) atoms. The highest BCUT2D eigenvalue weighted by Crippen LogP contribution is 2.64. The molecule has 500 valence electrons. The van der Waals surface area contributed by atoms with Gasteiger partial charge >= 0.3 is 0 Å². The van der Waals surface area contributed by atoms with Gasteiger partial charge < -0.3 is 27.7 Å². The van der Waals surface area contributed by atoms with Crippen LogP contribution in [0.15, 0.2) is 364 Å². The lowest BCUT2D eigenvalue weighted by molar-refractivity contribution is 0.435. The molecular formula is C102H60N4O2. The van der Waals surface area contributed by atoms with Crippen LogP contribution in [-0.4, -0.2) is 18.3 Å². The molecule has 0 aliphatic carbocycles. The van der Waals surface area contributed by atoms with E-state index < -0.39 is 10.8 Å². The Morgan fingerprint density at radius 1 is 0.204 bits per heavy atom. The molecule has 0 fully saturated rings. The quantitative estimate of drug-likeness (QED) is 0.172. The first-order chi connectivity index (χ1) is 53.6. The molecule has 2 atom stereocenters. The Balaban J connectivity index is 0.605. The van der Waals surface area contributed by atoms with E-state index in [0.717, 1.165) is 112 Å². The second-order valence-electron chi connectivity index (χ2n) is 29.7. The molecule has 2 spiro atoms. The zero-order valence-electron chi connectivity index (χ0n) is 58.2. The Bertz CT molecular complexity index is 7590. The van der Waals surface area contributed by atoms with Crippen molar-refractivity contribution < 1.29 is 9.47 Å². The van der Waals surface area contributed by atoms with Crippen LogP contribution in [0, 0.1) is 0 Å². The molecule has 25 rings (SSSR count). The van der Waals surface area contributed by atoms with Gasteiger partial charge in [-0.1, -0.05) is 261 Å². The zero-order valence-corrected chi connectivity index (χ0v) is 58.2. The van der Waals surface area contributed by atoms with Crippen LogP contribution in [0.5, 0.6) is 23.0 Å². The van der Waals surface area contributed by atoms with E-state index in [9.17, 15) is 0 Å². The Hall–Kier alpha value is -14.2. The fraction of sp³-hybridized carbons (Fsp3) is 0.0196. The molecule has 17 aromatic carbocycles. The molecule has 4 aromatic heterocycles. The number of benzene rings is 17. The predicted octanol–water partition coefficient (Wildman–Crippen LogP) is 25.8. The highest BCUT2D eigenvalue weighted by Gasteiger charge is 2.53. The Kier molecular flexibility index (Phi) is 11.5. The molecule has 2 unspecified atom stereocenters. The average molecular weight is 1370 g/mol. The zero-order chi connectivity index (χ0) is 70.2. The van der Waals surface area contributed by atoms with Crippen LogP contribution in [0.2, 0.25) is 0 Å². The lowest BCUT2D eigenvalue weighted by Gasteiger charge is -2.45. The fourth-order valence-corrected chi connectivity index (χ4v) is 20.3. The first-order valence-electron chi connectivity index (χ1n) is 37.4. The maximum Gasteiger partial charge on any atom is 0.140 e. The molecule has 6 nitrogen and oxygen atoms in total. The van der Waals surface area contributed by atoms with Gasteiger partial charge in [0.2, 0.25) is 0 Å². The van der Waals surface area contributed by atoms with Gasteiger partial charge in [0.05, 0.1) is 66.3 Å². The third-order valence-electron chi connectivity index (χ3n) is 24.6. The third-order valence-corrected chi connectivity index (χ3v) is 24.6. The van der Waals surface area contributed by atoms with Gasteiger partial charge in [-0.2, -0.15) is 0 Å². The van der Waals surface area contributed by atoms with Crippen LogP contribution in [0.1, 0.15) is 44.5 Å². The maximum absolute atomic E-state index is 7.38. The minimum Gasteiger partial charge on any atom is -0.456 e. The second-order valence-corrected chi connectivity index (χ2v) is 29.7. The molecule has 0 radical (unpaired) electrons. The molecule has 6 heteroatoms. The lowest BCUT2D eigenvalue weighted by Crippen LogP contribution is -2.37. The highest BCUT2D eigenvalue weighted by molar-refractivity contribution is 6.16. The summed E-state index contributed by atoms with van der Waals surface area (Å²) in [4.78, 5) is 0. The summed E-state index contributed by atoms with van der Waals surface area (Å²) in [5, 5.41) is 12.1. The largest absolute Gasteiger partial charge is 0.456 e. The summed E-state index contributed by atoms with van der Waals surface area (Å²) >= 11 is 0. The molecule has 0 saturated heterocycles. The van der Waals surface area contributed by atoms with Crippen LogP contribution in [0.3, 0.4) is 0 Å². The van der Waals surface area contributed by atoms with Crippen molar-refractivity contribution in [3.05, 3.63) is 408 Å². The van der Waals surface area contributed by atoms with E-state index in [-0.39, 0.29) is 0 Å². The number of para-hydroxylation sites is 11. The topological polar surface area (TPSA) is 38.2 Å². The lowest BCUT2D eigenvalue weighted by atomic mass is 9.61. The van der Waals surface area contributed by atoms with Gasteiger partial charge in [-0.25, -0.2) is 0 Å². The summed E-state index contributed by atoms with van der Waals surface area (Å²) in [5.74, 6) is 3.48. The van der Waals surface area contributed by atoms with Crippen LogP contribution in [0.25, 0.3) is 154 Å². The van der Waals surface area contributed by atoms with Gasteiger partial charge in [0.15, 0.2) is 0 Å². The van der Waals surface area contributed by atoms with Gasteiger partial charge in [-0.3, -0.25) is 0 Å². The van der Waals surface area contributed by atoms with E-state index in [0.29, 0.717) is 0 Å². The number of fused-ring (bicyclic) bond motifs is 29. The van der Waals surface area contributed by atoms with Gasteiger partial charge in [-0.15, -0.1) is 0 Å². The third kappa shape index (κ3) is 7.40. The van der Waals surface area contributed by atoms with Crippen molar-refractivity contribution in [2.75, 3.05) is 0 Å². The SMILES string of the molecule is c1ccc2c(c1)Oc1c(-c3ccc4c(c3)c3ccccc3n4-c3ccc(-c4ccc5c(c4)c4cccc6c4n5-c4ccccc4C64c5ccccc5Oc5c(-c6ccc7c(c6)c6ccccc6n7-c6ccc7ccccc7c6)cccc54)cc3)cccc1C21c2ccccc2-n2c3ccccc3c3cccc1c32. The minimum absolute atomic E-state index is 0.674. The number of hydrogen-bond donors (Lipinski definition) is 0. The molecule has 0 saturated carbocycles. The van der Waals surface area contributed by atoms with Crippen molar-refractivity contribution in [2.24, 2.45) is 0 Å². The summed E-state index contributed by atoms with van der Waals surface area (Å²) < 4.78 is 24.6. The fourth-order valence-electron chi connectivity index (χ4n) is 20.3. The van der Waals surface area contributed by atoms with Crippen LogP contribution < -0.4 is 9.47 Å². The smallest absolute Gasteiger partial charge is 0.140 e. The van der Waals surface area contributed by atoms with Crippen molar-refractivity contribution in [3.8, 4) is 79.1 Å². The van der Waals surface area contributed by atoms with E-state index in [1.807, 2.05) is 0 Å². The number of ether oxygens (including phenoxy) is 2. The first-order valence-corrected chi connectivity index (χ1v) is 37.4. The molecule has 21 aromatic rings. The summed E-state index contributed by atoms with van der Waals surface area (Å²) in [7, 11) is 0. The minimum atomic E-state index is -0.737. The number of nitrogens with zero attached hydrogens (tertiary/aromatic N) is 4. The predicted molar refractivity (Wildman–Crippen MR) is 441 cm³/mol. The van der Waals surface area contributed by atoms with Crippen molar-refractivity contribution in [3.63, 3.8) is 0 Å². The number of rotatable bonds is 5. The van der Waals surface area contributed by atoms with Crippen molar-refractivity contribution in [1.82, 2.24) is 18.3 Å². The molecule has 0 bridgehead atoms. The van der Waals surface area contributed by atoms with Crippen LogP contribution in [-0.2, 0) is 10.8 Å². The monoisotopic (exact) mass is 1370 g/mol. The molecule has 0 amide bonds. The summed E-state index contributed by atoms with van der Waals surface area (Å²) in [5.41, 5.74) is 28.7. The van der Waals surface area contributed by atoms with Crippen LogP contribution in [0.4, 0.5) is 0 Å². The molecule has 4 aliphatic rings. The Morgan fingerprint density at radius 2 is 0.565 bits per heavy atom. The summed E-state index contributed by atoms with van der Waals surface area (Å²) in [6, 6.07) is 135. The van der Waals surface area contributed by atoms with Gasteiger partial charge in [0.25, 0.3) is 0 Å². The average Bonchev–Trinajstić information content (AvgIpc) is 1.30. The van der Waals surface area contributed by atoms with E-state index in [1.54, 1.807) is 0 Å². The standard InChI is InChI=1S/C102H60N4O2/c1-2-22-63-57-68(53-47-61(63)21-1)104-88-39-11-5-25-73(88)77-60-66(50-56-91(77)104)70-27-18-37-86-100(70)108-96-44-16-9-33-82(96)102(86)80-31-7-14-42-94(80)106-92-54-48-64(58-78(92)75-29-20-35-84(102)98(75)106)62-45-51-67(52-46-62)103-87-38-10-4-24-72(87)76-59-65(49-55-90(76)103)69-26-17-36-85-99(69)107-95-43-15-8-32-81(95)101(85)79-30-6-13-41-93(79)105-89-40-12-3-23-71(89)74-28-19-34-83(101)97(74)105/h1-60H.